The lowest BCUT2D eigenvalue weighted by molar-refractivity contribution is -0.140. The van der Waals surface area contributed by atoms with E-state index in [9.17, 15) is 22.8 Å². The van der Waals surface area contributed by atoms with Crippen LogP contribution in [0.15, 0.2) is 48.7 Å². The maximum Gasteiger partial charge on any atom is 0.432 e. The number of rotatable bonds is 7. The van der Waals surface area contributed by atoms with E-state index in [1.54, 1.807) is 29.2 Å². The molecular formula is C27H23F3N6O3. The lowest BCUT2D eigenvalue weighted by atomic mass is 10.1. The van der Waals surface area contributed by atoms with Crippen LogP contribution in [0.1, 0.15) is 16.8 Å². The second kappa shape index (κ2) is 12.2. The van der Waals surface area contributed by atoms with Crippen LogP contribution in [0.2, 0.25) is 0 Å². The zero-order chi connectivity index (χ0) is 27.8. The topological polar surface area (TPSA) is 114 Å². The number of halogens is 3. The van der Waals surface area contributed by atoms with Crippen molar-refractivity contribution < 1.29 is 27.5 Å². The van der Waals surface area contributed by atoms with Crippen LogP contribution in [-0.4, -0.2) is 71.4 Å². The highest BCUT2D eigenvalue weighted by Crippen LogP contribution is 2.33. The molecule has 0 atom stereocenters. The number of anilines is 1. The summed E-state index contributed by atoms with van der Waals surface area (Å²) in [5, 5.41) is 11.7. The first kappa shape index (κ1) is 27.2. The molecule has 9 nitrogen and oxygen atoms in total. The molecule has 1 aromatic heterocycles. The second-order valence-corrected chi connectivity index (χ2v) is 8.58. The lowest BCUT2D eigenvalue weighted by Crippen LogP contribution is -2.46. The fraction of sp³-hybridized carbons (Fsp3) is 0.259. The number of amides is 2. The largest absolute Gasteiger partial charge is 0.490 e. The molecule has 1 aliphatic heterocycles. The van der Waals surface area contributed by atoms with E-state index >= 15 is 0 Å². The summed E-state index contributed by atoms with van der Waals surface area (Å²) in [6.45, 7) is 3.50. The number of hydrogen-bond donors (Lipinski definition) is 2. The molecule has 2 aromatic carbocycles. The van der Waals surface area contributed by atoms with E-state index in [1.165, 1.54) is 18.2 Å². The van der Waals surface area contributed by atoms with Crippen LogP contribution in [0, 0.1) is 23.2 Å². The van der Waals surface area contributed by atoms with Crippen LogP contribution in [0.3, 0.4) is 0 Å². The summed E-state index contributed by atoms with van der Waals surface area (Å²) in [5.41, 5.74) is 0.374. The number of alkyl halides is 3. The Morgan fingerprint density at radius 2 is 1.92 bits per heavy atom. The zero-order valence-corrected chi connectivity index (χ0v) is 20.6. The molecule has 2 amide bonds. The molecule has 0 aliphatic carbocycles. The molecule has 39 heavy (non-hydrogen) atoms. The average molecular weight is 537 g/mol. The van der Waals surface area contributed by atoms with Gasteiger partial charge < -0.3 is 19.9 Å². The van der Waals surface area contributed by atoms with Crippen LogP contribution in [0.25, 0.3) is 11.4 Å². The Morgan fingerprint density at radius 1 is 1.15 bits per heavy atom. The van der Waals surface area contributed by atoms with Crippen molar-refractivity contribution in [1.82, 2.24) is 19.8 Å². The van der Waals surface area contributed by atoms with Crippen molar-refractivity contribution in [1.29, 1.82) is 5.26 Å². The Labute approximate surface area is 222 Å². The normalized spacial score (nSPS) is 13.6. The molecule has 2 N–H and O–H groups in total. The summed E-state index contributed by atoms with van der Waals surface area (Å²) >= 11 is 0. The standard InChI is InChI=1S/C27H23F3N6O3/c28-27(29,30)24-17-32-26(34-24)21-5-6-23(39-13-12-35-8-10-36(18-37)11-9-35)22(15-21)33-25(38)7-4-19-2-1-3-20(14-19)16-31/h1-3,5-6,14-15,17-18H,8-13H2,(H,32,34)(H,33,38). The minimum absolute atomic E-state index is 0.0307. The van der Waals surface area contributed by atoms with Crippen molar-refractivity contribution in [2.75, 3.05) is 44.6 Å². The van der Waals surface area contributed by atoms with Gasteiger partial charge in [-0.1, -0.05) is 12.0 Å². The maximum atomic E-state index is 13.0. The van der Waals surface area contributed by atoms with E-state index in [0.29, 0.717) is 61.4 Å². The second-order valence-electron chi connectivity index (χ2n) is 8.58. The van der Waals surface area contributed by atoms with Gasteiger partial charge in [0.25, 0.3) is 0 Å². The molecule has 200 valence electrons. The van der Waals surface area contributed by atoms with E-state index < -0.39 is 17.8 Å². The molecule has 3 aromatic rings. The van der Waals surface area contributed by atoms with Gasteiger partial charge in [-0.3, -0.25) is 14.5 Å². The smallest absolute Gasteiger partial charge is 0.432 e. The zero-order valence-electron chi connectivity index (χ0n) is 20.6. The van der Waals surface area contributed by atoms with Crippen LogP contribution in [0.4, 0.5) is 18.9 Å². The van der Waals surface area contributed by atoms with Crippen molar-refractivity contribution in [2.45, 2.75) is 6.18 Å². The number of aromatic amines is 1. The van der Waals surface area contributed by atoms with E-state index in [4.69, 9.17) is 10.00 Å². The fourth-order valence-electron chi connectivity index (χ4n) is 3.84. The molecule has 0 bridgehead atoms. The van der Waals surface area contributed by atoms with E-state index in [0.717, 1.165) is 6.41 Å². The third-order valence-corrected chi connectivity index (χ3v) is 5.92. The predicted molar refractivity (Wildman–Crippen MR) is 135 cm³/mol. The molecule has 1 fully saturated rings. The van der Waals surface area contributed by atoms with Crippen LogP contribution >= 0.6 is 0 Å². The monoisotopic (exact) mass is 536 g/mol. The summed E-state index contributed by atoms with van der Waals surface area (Å²) in [6.07, 6.45) is -3.06. The SMILES string of the molecule is N#Cc1cccc(C#CC(=O)Nc2cc(-c3ncc(C(F)(F)F)[nH]3)ccc2OCCN2CCN(C=O)CC2)c1. The van der Waals surface area contributed by atoms with Crippen LogP contribution in [-0.2, 0) is 15.8 Å². The van der Waals surface area contributed by atoms with Gasteiger partial charge in [0.1, 0.15) is 23.9 Å². The van der Waals surface area contributed by atoms with E-state index in [-0.39, 0.29) is 18.1 Å². The molecule has 0 unspecified atom stereocenters. The number of nitrogens with zero attached hydrogens (tertiary/aromatic N) is 4. The number of nitriles is 1. The van der Waals surface area contributed by atoms with Crippen molar-refractivity contribution >= 4 is 18.0 Å². The van der Waals surface area contributed by atoms with Gasteiger partial charge in [0.2, 0.25) is 6.41 Å². The third kappa shape index (κ3) is 7.37. The number of ether oxygens (including phenoxy) is 1. The molecule has 12 heteroatoms. The number of nitrogens with one attached hydrogen (secondary N) is 2. The fourth-order valence-corrected chi connectivity index (χ4v) is 3.84. The molecule has 4 rings (SSSR count). The Hall–Kier alpha value is -4.81. The summed E-state index contributed by atoms with van der Waals surface area (Å²) in [6, 6.07) is 13.0. The summed E-state index contributed by atoms with van der Waals surface area (Å²) in [5.74, 6) is 4.72. The van der Waals surface area contributed by atoms with Crippen molar-refractivity contribution in [2.24, 2.45) is 0 Å². The number of carbonyl (C=O) groups is 2. The van der Waals surface area contributed by atoms with Crippen molar-refractivity contribution in [3.05, 3.63) is 65.5 Å². The minimum Gasteiger partial charge on any atom is -0.490 e. The summed E-state index contributed by atoms with van der Waals surface area (Å²) < 4.78 is 45.0. The molecule has 2 heterocycles. The Balaban J connectivity index is 1.51. The van der Waals surface area contributed by atoms with Gasteiger partial charge in [-0.05, 0) is 36.4 Å². The average Bonchev–Trinajstić information content (AvgIpc) is 3.44. The first-order chi connectivity index (χ1) is 18.7. The first-order valence-electron chi connectivity index (χ1n) is 11.9. The Kier molecular flexibility index (Phi) is 8.49. The highest BCUT2D eigenvalue weighted by atomic mass is 19.4. The van der Waals surface area contributed by atoms with Gasteiger partial charge >= 0.3 is 12.1 Å². The molecule has 0 spiro atoms. The Bertz CT molecular complexity index is 1440. The molecular weight excluding hydrogens is 513 g/mol. The quantitative estimate of drug-likeness (QED) is 0.354. The highest BCUT2D eigenvalue weighted by Gasteiger charge is 2.33. The number of benzene rings is 2. The Morgan fingerprint density at radius 3 is 2.62 bits per heavy atom. The van der Waals surface area contributed by atoms with Gasteiger partial charge in [0.15, 0.2) is 0 Å². The van der Waals surface area contributed by atoms with Gasteiger partial charge in [0.05, 0.1) is 23.5 Å². The number of piperazine rings is 1. The number of hydrogen-bond acceptors (Lipinski definition) is 6. The van der Waals surface area contributed by atoms with Gasteiger partial charge in [0, 0.05) is 49.8 Å². The maximum absolute atomic E-state index is 13.0. The molecule has 1 saturated heterocycles. The first-order valence-corrected chi connectivity index (χ1v) is 11.9. The minimum atomic E-state index is -4.58. The number of aromatic nitrogens is 2. The predicted octanol–water partition coefficient (Wildman–Crippen LogP) is 3.11. The summed E-state index contributed by atoms with van der Waals surface area (Å²) in [4.78, 5) is 33.4. The number of imidazole rings is 1. The van der Waals surface area contributed by atoms with Gasteiger partial charge in [-0.15, -0.1) is 0 Å². The lowest BCUT2D eigenvalue weighted by Gasteiger charge is -2.32. The van der Waals surface area contributed by atoms with Crippen molar-refractivity contribution in [3.8, 4) is 35.0 Å². The van der Waals surface area contributed by atoms with E-state index in [2.05, 4.69) is 32.0 Å². The third-order valence-electron chi connectivity index (χ3n) is 5.92. The highest BCUT2D eigenvalue weighted by molar-refractivity contribution is 6.05. The summed E-state index contributed by atoms with van der Waals surface area (Å²) in [7, 11) is 0. The van der Waals surface area contributed by atoms with Crippen LogP contribution in [0.5, 0.6) is 5.75 Å². The van der Waals surface area contributed by atoms with Crippen LogP contribution < -0.4 is 10.1 Å². The number of H-pyrrole nitrogens is 1. The van der Waals surface area contributed by atoms with Gasteiger partial charge in [-0.2, -0.15) is 18.4 Å². The molecule has 1 aliphatic rings. The number of carbonyl (C=O) groups excluding carboxylic acids is 2. The van der Waals surface area contributed by atoms with Gasteiger partial charge in [-0.25, -0.2) is 4.98 Å². The molecule has 0 saturated carbocycles. The van der Waals surface area contributed by atoms with Crippen molar-refractivity contribution in [3.63, 3.8) is 0 Å². The molecule has 0 radical (unpaired) electrons. The van der Waals surface area contributed by atoms with E-state index in [1.807, 2.05) is 6.07 Å².